The summed E-state index contributed by atoms with van der Waals surface area (Å²) in [4.78, 5) is 16.7. The van der Waals surface area contributed by atoms with Crippen LogP contribution < -0.4 is 0 Å². The number of carbonyl (C=O) groups is 1. The van der Waals surface area contributed by atoms with Crippen molar-refractivity contribution >= 4 is 11.6 Å². The molecule has 0 fully saturated rings. The molecule has 0 radical (unpaired) electrons. The Morgan fingerprint density at radius 3 is 2.69 bits per heavy atom. The first-order valence-corrected chi connectivity index (χ1v) is 8.16. The molecular weight excluding hydrogens is 332 g/mol. The zero-order chi connectivity index (χ0) is 18.1. The third-order valence-electron chi connectivity index (χ3n) is 4.00. The van der Waals surface area contributed by atoms with Gasteiger partial charge in [-0.05, 0) is 38.1 Å². The fourth-order valence-electron chi connectivity index (χ4n) is 2.61. The van der Waals surface area contributed by atoms with Crippen molar-refractivity contribution in [2.24, 2.45) is 0 Å². The van der Waals surface area contributed by atoms with Gasteiger partial charge in [-0.1, -0.05) is 24.3 Å². The van der Waals surface area contributed by atoms with Crippen molar-refractivity contribution in [2.75, 3.05) is 0 Å². The van der Waals surface area contributed by atoms with Gasteiger partial charge >= 0.3 is 5.97 Å². The fourth-order valence-corrected chi connectivity index (χ4v) is 2.61. The van der Waals surface area contributed by atoms with Gasteiger partial charge in [-0.2, -0.15) is 0 Å². The summed E-state index contributed by atoms with van der Waals surface area (Å²) in [6, 6.07) is 15.1. The summed E-state index contributed by atoms with van der Waals surface area (Å²) < 4.78 is 12.9. The number of benzene rings is 1. The number of ether oxygens (including phenoxy) is 1. The topological polar surface area (TPSA) is 82.5 Å². The molecule has 26 heavy (non-hydrogen) atoms. The van der Waals surface area contributed by atoms with Crippen LogP contribution >= 0.6 is 0 Å². The summed E-state index contributed by atoms with van der Waals surface area (Å²) in [6.45, 7) is 3.62. The highest BCUT2D eigenvalue weighted by Crippen LogP contribution is 2.23. The Balaban J connectivity index is 1.52. The van der Waals surface area contributed by atoms with E-state index in [0.29, 0.717) is 11.5 Å². The number of imidazole rings is 1. The molecule has 3 heterocycles. The number of nitrogens with zero attached hydrogens (tertiary/aromatic N) is 4. The lowest BCUT2D eigenvalue weighted by Crippen LogP contribution is -2.10. The van der Waals surface area contributed by atoms with Gasteiger partial charge in [0.2, 0.25) is 5.89 Å². The zero-order valence-electron chi connectivity index (χ0n) is 14.3. The molecule has 0 N–H and O–H groups in total. The molecule has 0 spiro atoms. The lowest BCUT2D eigenvalue weighted by atomic mass is 10.2. The van der Waals surface area contributed by atoms with E-state index in [0.717, 1.165) is 11.3 Å². The van der Waals surface area contributed by atoms with Crippen molar-refractivity contribution < 1.29 is 13.9 Å². The molecule has 0 aliphatic rings. The van der Waals surface area contributed by atoms with E-state index in [1.807, 2.05) is 59.9 Å². The SMILES string of the molecule is Cc1cccc2nc(C(=O)O[C@@H](C)c3nnc(-c4ccccc4)o3)cn12. The number of esters is 1. The van der Waals surface area contributed by atoms with Gasteiger partial charge in [-0.15, -0.1) is 10.2 Å². The molecule has 3 aromatic heterocycles. The smallest absolute Gasteiger partial charge is 0.359 e. The molecule has 0 amide bonds. The van der Waals surface area contributed by atoms with E-state index in [9.17, 15) is 4.79 Å². The third-order valence-corrected chi connectivity index (χ3v) is 4.00. The number of aromatic nitrogens is 4. The van der Waals surface area contributed by atoms with Gasteiger partial charge in [0.1, 0.15) is 5.65 Å². The quantitative estimate of drug-likeness (QED) is 0.524. The predicted octanol–water partition coefficient (Wildman–Crippen LogP) is 3.61. The Hall–Kier alpha value is -3.48. The molecule has 7 heteroatoms. The number of hydrogen-bond acceptors (Lipinski definition) is 6. The molecule has 4 rings (SSSR count). The lowest BCUT2D eigenvalue weighted by Gasteiger charge is -2.07. The fraction of sp³-hybridized carbons (Fsp3) is 0.158. The summed E-state index contributed by atoms with van der Waals surface area (Å²) >= 11 is 0. The van der Waals surface area contributed by atoms with Crippen LogP contribution in [0.15, 0.2) is 59.1 Å². The second kappa shape index (κ2) is 6.44. The van der Waals surface area contributed by atoms with Crippen LogP contribution in [0.2, 0.25) is 0 Å². The first-order valence-electron chi connectivity index (χ1n) is 8.16. The van der Waals surface area contributed by atoms with Gasteiger partial charge in [0.05, 0.1) is 0 Å². The maximum atomic E-state index is 12.4. The van der Waals surface area contributed by atoms with E-state index in [2.05, 4.69) is 15.2 Å². The number of carbonyl (C=O) groups excluding carboxylic acids is 1. The van der Waals surface area contributed by atoms with Crippen LogP contribution in [0.4, 0.5) is 0 Å². The second-order valence-corrected chi connectivity index (χ2v) is 5.88. The summed E-state index contributed by atoms with van der Waals surface area (Å²) in [5.74, 6) is 0.0732. The normalized spacial score (nSPS) is 12.2. The highest BCUT2D eigenvalue weighted by atomic mass is 16.6. The van der Waals surface area contributed by atoms with E-state index in [1.54, 1.807) is 13.1 Å². The molecule has 0 unspecified atom stereocenters. The zero-order valence-corrected chi connectivity index (χ0v) is 14.3. The molecule has 4 aromatic rings. The number of hydrogen-bond donors (Lipinski definition) is 0. The van der Waals surface area contributed by atoms with Crippen LogP contribution in [-0.2, 0) is 4.74 Å². The maximum Gasteiger partial charge on any atom is 0.359 e. The molecule has 0 bridgehead atoms. The van der Waals surface area contributed by atoms with Crippen molar-refractivity contribution in [3.63, 3.8) is 0 Å². The van der Waals surface area contributed by atoms with Crippen LogP contribution in [0, 0.1) is 6.92 Å². The van der Waals surface area contributed by atoms with Crippen LogP contribution in [-0.4, -0.2) is 25.6 Å². The van der Waals surface area contributed by atoms with Gasteiger partial charge in [-0.25, -0.2) is 9.78 Å². The third kappa shape index (κ3) is 2.95. The van der Waals surface area contributed by atoms with Crippen LogP contribution in [0.3, 0.4) is 0 Å². The molecule has 0 aliphatic heterocycles. The van der Waals surface area contributed by atoms with E-state index >= 15 is 0 Å². The monoisotopic (exact) mass is 348 g/mol. The Kier molecular flexibility index (Phi) is 3.96. The van der Waals surface area contributed by atoms with Crippen molar-refractivity contribution in [2.45, 2.75) is 20.0 Å². The van der Waals surface area contributed by atoms with Crippen molar-refractivity contribution in [1.82, 2.24) is 19.6 Å². The molecule has 130 valence electrons. The standard InChI is InChI=1S/C19H16N4O3/c1-12-7-6-10-16-20-15(11-23(12)16)19(24)25-13(2)17-21-22-18(26-17)14-8-4-3-5-9-14/h3-11,13H,1-2H3/t13-/m0/s1. The number of rotatable bonds is 4. The minimum Gasteiger partial charge on any atom is -0.448 e. The largest absolute Gasteiger partial charge is 0.448 e. The molecule has 7 nitrogen and oxygen atoms in total. The van der Waals surface area contributed by atoms with Crippen LogP contribution in [0.5, 0.6) is 0 Å². The van der Waals surface area contributed by atoms with Gasteiger partial charge in [0.25, 0.3) is 5.89 Å². The molecule has 0 aliphatic carbocycles. The van der Waals surface area contributed by atoms with E-state index in [4.69, 9.17) is 9.15 Å². The minimum atomic E-state index is -0.682. The van der Waals surface area contributed by atoms with E-state index < -0.39 is 12.1 Å². The average molecular weight is 348 g/mol. The predicted molar refractivity (Wildman–Crippen MR) is 93.5 cm³/mol. The summed E-state index contributed by atoms with van der Waals surface area (Å²) in [5, 5.41) is 7.98. The number of aryl methyl sites for hydroxylation is 1. The van der Waals surface area contributed by atoms with E-state index in [1.165, 1.54) is 0 Å². The molecule has 1 aromatic carbocycles. The van der Waals surface area contributed by atoms with Gasteiger partial charge in [-0.3, -0.25) is 0 Å². The molecule has 0 saturated carbocycles. The Morgan fingerprint density at radius 2 is 1.92 bits per heavy atom. The van der Waals surface area contributed by atoms with Crippen molar-refractivity contribution in [3.05, 3.63) is 72.0 Å². The minimum absolute atomic E-state index is 0.231. The van der Waals surface area contributed by atoms with Crippen LogP contribution in [0.25, 0.3) is 17.1 Å². The van der Waals surface area contributed by atoms with E-state index in [-0.39, 0.29) is 11.6 Å². The molecule has 1 atom stereocenters. The maximum absolute atomic E-state index is 12.4. The summed E-state index contributed by atoms with van der Waals surface area (Å²) in [7, 11) is 0. The highest BCUT2D eigenvalue weighted by Gasteiger charge is 2.21. The summed E-state index contributed by atoms with van der Waals surface area (Å²) in [5.41, 5.74) is 2.70. The molecular formula is C19H16N4O3. The second-order valence-electron chi connectivity index (χ2n) is 5.88. The Morgan fingerprint density at radius 1 is 1.12 bits per heavy atom. The summed E-state index contributed by atoms with van der Waals surface area (Å²) in [6.07, 6.45) is 0.974. The highest BCUT2D eigenvalue weighted by molar-refractivity contribution is 5.88. The average Bonchev–Trinajstić information content (AvgIpc) is 3.30. The number of fused-ring (bicyclic) bond motifs is 1. The van der Waals surface area contributed by atoms with Gasteiger partial charge in [0.15, 0.2) is 11.8 Å². The number of pyridine rings is 1. The Labute approximate surface area is 149 Å². The first kappa shape index (κ1) is 16.0. The van der Waals surface area contributed by atoms with Gasteiger partial charge in [0, 0.05) is 17.5 Å². The van der Waals surface area contributed by atoms with Crippen molar-refractivity contribution in [1.29, 1.82) is 0 Å². The first-order chi connectivity index (χ1) is 12.6. The lowest BCUT2D eigenvalue weighted by molar-refractivity contribution is 0.0273. The van der Waals surface area contributed by atoms with Gasteiger partial charge < -0.3 is 13.6 Å². The van der Waals surface area contributed by atoms with Crippen LogP contribution in [0.1, 0.15) is 35.1 Å². The van der Waals surface area contributed by atoms with Crippen molar-refractivity contribution in [3.8, 4) is 11.5 Å². The molecule has 0 saturated heterocycles. The Bertz CT molecular complexity index is 1070.